The fraction of sp³-hybridized carbons (Fsp3) is 0.0968. The van der Waals surface area contributed by atoms with Gasteiger partial charge in [-0.3, -0.25) is 0 Å². The molecule has 37 heavy (non-hydrogen) atoms. The van der Waals surface area contributed by atoms with Gasteiger partial charge in [0.15, 0.2) is 11.5 Å². The molecule has 0 aliphatic heterocycles. The standard InChI is InChI=1S/C31H23NO5/c1-34-26-15-21(16-27(35-2)30(26)36-3)22-17-24(18-9-5-4-6-10-18)32-29-23-13-19-11-7-8-12-20(19)14-25(23)37-31(33)28(22)29/h4-17H,1-3H3. The third-order valence-corrected chi connectivity index (χ3v) is 6.57. The molecule has 0 spiro atoms. The highest BCUT2D eigenvalue weighted by molar-refractivity contribution is 6.11. The molecule has 0 radical (unpaired) electrons. The number of pyridine rings is 1. The number of aromatic nitrogens is 1. The molecule has 6 rings (SSSR count). The van der Waals surface area contributed by atoms with Gasteiger partial charge < -0.3 is 18.6 Å². The SMILES string of the molecule is COc1cc(-c2cc(-c3ccccc3)nc3c2c(=O)oc2cc4ccccc4cc23)cc(OC)c1OC. The summed E-state index contributed by atoms with van der Waals surface area (Å²) in [4.78, 5) is 18.5. The summed E-state index contributed by atoms with van der Waals surface area (Å²) in [6, 6.07) is 27.3. The maximum absolute atomic E-state index is 13.5. The molecule has 0 amide bonds. The molecule has 4 aromatic carbocycles. The van der Waals surface area contributed by atoms with Crippen molar-refractivity contribution in [1.82, 2.24) is 4.98 Å². The van der Waals surface area contributed by atoms with Crippen LogP contribution in [0.1, 0.15) is 0 Å². The van der Waals surface area contributed by atoms with Gasteiger partial charge in [-0.1, -0.05) is 54.6 Å². The van der Waals surface area contributed by atoms with Crippen molar-refractivity contribution < 1.29 is 18.6 Å². The molecule has 0 bridgehead atoms. The molecule has 0 aliphatic carbocycles. The lowest BCUT2D eigenvalue weighted by Gasteiger charge is -2.16. The van der Waals surface area contributed by atoms with Crippen molar-refractivity contribution >= 4 is 32.6 Å². The Hall–Kier alpha value is -4.84. The number of nitrogens with zero attached hydrogens (tertiary/aromatic N) is 1. The molecule has 2 aromatic heterocycles. The predicted molar refractivity (Wildman–Crippen MR) is 146 cm³/mol. The molecule has 6 aromatic rings. The van der Waals surface area contributed by atoms with Crippen molar-refractivity contribution in [1.29, 1.82) is 0 Å². The molecule has 0 saturated heterocycles. The first-order valence-corrected chi connectivity index (χ1v) is 11.8. The van der Waals surface area contributed by atoms with Crippen molar-refractivity contribution in [2.24, 2.45) is 0 Å². The van der Waals surface area contributed by atoms with Crippen LogP contribution in [0.5, 0.6) is 17.2 Å². The Bertz CT molecular complexity index is 1830. The van der Waals surface area contributed by atoms with Crippen LogP contribution >= 0.6 is 0 Å². The monoisotopic (exact) mass is 489 g/mol. The molecule has 6 nitrogen and oxygen atoms in total. The Labute approximate surface area is 212 Å². The molecular weight excluding hydrogens is 466 g/mol. The number of methoxy groups -OCH3 is 3. The maximum Gasteiger partial charge on any atom is 0.346 e. The molecule has 0 unspecified atom stereocenters. The Morgan fingerprint density at radius 1 is 0.703 bits per heavy atom. The van der Waals surface area contributed by atoms with E-state index in [9.17, 15) is 4.79 Å². The molecule has 0 aliphatic rings. The quantitative estimate of drug-likeness (QED) is 0.150. The van der Waals surface area contributed by atoms with Crippen LogP contribution in [0.15, 0.2) is 94.1 Å². The van der Waals surface area contributed by atoms with Gasteiger partial charge in [-0.25, -0.2) is 9.78 Å². The number of fused-ring (bicyclic) bond motifs is 4. The molecule has 6 heteroatoms. The lowest BCUT2D eigenvalue weighted by molar-refractivity contribution is 0.324. The van der Waals surface area contributed by atoms with Gasteiger partial charge in [-0.05, 0) is 46.7 Å². The van der Waals surface area contributed by atoms with Crippen LogP contribution in [0.4, 0.5) is 0 Å². The number of rotatable bonds is 5. The summed E-state index contributed by atoms with van der Waals surface area (Å²) < 4.78 is 22.6. The maximum atomic E-state index is 13.5. The largest absolute Gasteiger partial charge is 0.493 e. The van der Waals surface area contributed by atoms with Crippen molar-refractivity contribution in [3.63, 3.8) is 0 Å². The summed E-state index contributed by atoms with van der Waals surface area (Å²) in [5, 5.41) is 3.17. The summed E-state index contributed by atoms with van der Waals surface area (Å²) in [5.74, 6) is 1.44. The van der Waals surface area contributed by atoms with Crippen molar-refractivity contribution in [2.45, 2.75) is 0 Å². The minimum atomic E-state index is -0.464. The average molecular weight is 490 g/mol. The highest BCUT2D eigenvalue weighted by atomic mass is 16.5. The van der Waals surface area contributed by atoms with Gasteiger partial charge in [0, 0.05) is 16.5 Å². The third kappa shape index (κ3) is 3.74. The van der Waals surface area contributed by atoms with Crippen LogP contribution in [-0.4, -0.2) is 26.3 Å². The summed E-state index contributed by atoms with van der Waals surface area (Å²) >= 11 is 0. The lowest BCUT2D eigenvalue weighted by atomic mass is 9.97. The summed E-state index contributed by atoms with van der Waals surface area (Å²) in [5.41, 5.74) is 3.64. The zero-order valence-electron chi connectivity index (χ0n) is 20.6. The Morgan fingerprint density at radius 3 is 2.00 bits per heavy atom. The van der Waals surface area contributed by atoms with E-state index in [-0.39, 0.29) is 0 Å². The van der Waals surface area contributed by atoms with Crippen LogP contribution in [-0.2, 0) is 0 Å². The van der Waals surface area contributed by atoms with Crippen LogP contribution < -0.4 is 19.8 Å². The van der Waals surface area contributed by atoms with Gasteiger partial charge in [0.1, 0.15) is 5.58 Å². The van der Waals surface area contributed by atoms with E-state index in [0.29, 0.717) is 44.9 Å². The van der Waals surface area contributed by atoms with Crippen LogP contribution in [0.25, 0.3) is 55.0 Å². The molecule has 0 N–H and O–H groups in total. The second kappa shape index (κ2) is 8.99. The second-order valence-corrected chi connectivity index (χ2v) is 8.64. The fourth-order valence-corrected chi connectivity index (χ4v) is 4.81. The summed E-state index contributed by atoms with van der Waals surface area (Å²) in [6.45, 7) is 0. The third-order valence-electron chi connectivity index (χ3n) is 6.57. The van der Waals surface area contributed by atoms with Gasteiger partial charge in [0.2, 0.25) is 5.75 Å². The van der Waals surface area contributed by atoms with E-state index < -0.39 is 5.63 Å². The van der Waals surface area contributed by atoms with E-state index in [4.69, 9.17) is 23.6 Å². The van der Waals surface area contributed by atoms with E-state index in [1.54, 1.807) is 21.3 Å². The van der Waals surface area contributed by atoms with Gasteiger partial charge in [-0.2, -0.15) is 0 Å². The van der Waals surface area contributed by atoms with Crippen LogP contribution in [0.2, 0.25) is 0 Å². The Kier molecular flexibility index (Phi) is 5.49. The first-order chi connectivity index (χ1) is 18.1. The number of hydrogen-bond donors (Lipinski definition) is 0. The zero-order valence-corrected chi connectivity index (χ0v) is 20.6. The zero-order chi connectivity index (χ0) is 25.5. The van der Waals surface area contributed by atoms with Crippen LogP contribution in [0.3, 0.4) is 0 Å². The van der Waals surface area contributed by atoms with Crippen molar-refractivity contribution in [2.75, 3.05) is 21.3 Å². The minimum absolute atomic E-state index is 0.386. The normalized spacial score (nSPS) is 11.2. The minimum Gasteiger partial charge on any atom is -0.493 e. The Morgan fingerprint density at radius 2 is 1.35 bits per heavy atom. The first kappa shape index (κ1) is 22.6. The highest BCUT2D eigenvalue weighted by Gasteiger charge is 2.21. The fourth-order valence-electron chi connectivity index (χ4n) is 4.81. The van der Waals surface area contributed by atoms with Gasteiger partial charge in [0.05, 0.1) is 37.9 Å². The summed E-state index contributed by atoms with van der Waals surface area (Å²) in [7, 11) is 4.68. The lowest BCUT2D eigenvalue weighted by Crippen LogP contribution is -2.05. The molecule has 0 atom stereocenters. The smallest absolute Gasteiger partial charge is 0.346 e. The van der Waals surface area contributed by atoms with Crippen LogP contribution in [0, 0.1) is 0 Å². The topological polar surface area (TPSA) is 70.8 Å². The number of benzene rings is 4. The van der Waals surface area contributed by atoms with Gasteiger partial charge in [-0.15, -0.1) is 0 Å². The number of hydrogen-bond acceptors (Lipinski definition) is 6. The van der Waals surface area contributed by atoms with Crippen molar-refractivity contribution in [3.05, 3.63) is 95.3 Å². The highest BCUT2D eigenvalue weighted by Crippen LogP contribution is 2.43. The molecule has 2 heterocycles. The number of ether oxygens (including phenoxy) is 3. The molecular formula is C31H23NO5. The van der Waals surface area contributed by atoms with E-state index in [0.717, 1.165) is 27.4 Å². The Balaban J connectivity index is 1.77. The van der Waals surface area contributed by atoms with Gasteiger partial charge in [0.25, 0.3) is 0 Å². The molecule has 0 fully saturated rings. The summed E-state index contributed by atoms with van der Waals surface area (Å²) in [6.07, 6.45) is 0. The second-order valence-electron chi connectivity index (χ2n) is 8.64. The van der Waals surface area contributed by atoms with E-state index in [1.807, 2.05) is 84.9 Å². The van der Waals surface area contributed by atoms with Crippen molar-refractivity contribution in [3.8, 4) is 39.6 Å². The van der Waals surface area contributed by atoms with E-state index in [2.05, 4.69) is 0 Å². The average Bonchev–Trinajstić information content (AvgIpc) is 2.95. The molecule has 182 valence electrons. The van der Waals surface area contributed by atoms with E-state index in [1.165, 1.54) is 0 Å². The van der Waals surface area contributed by atoms with E-state index >= 15 is 0 Å². The molecule has 0 saturated carbocycles. The first-order valence-electron chi connectivity index (χ1n) is 11.8. The van der Waals surface area contributed by atoms with Gasteiger partial charge >= 0.3 is 5.63 Å². The predicted octanol–water partition coefficient (Wildman–Crippen LogP) is 6.85.